The van der Waals surface area contributed by atoms with E-state index < -0.39 is 4.92 Å². The van der Waals surface area contributed by atoms with Crippen LogP contribution < -0.4 is 15.1 Å². The molecule has 0 aromatic heterocycles. The molecular weight excluding hydrogens is 478 g/mol. The number of nitrogens with one attached hydrogen (secondary N) is 1. The van der Waals surface area contributed by atoms with Crippen molar-refractivity contribution in [3.63, 3.8) is 0 Å². The number of non-ortho nitro benzene ring substituents is 1. The number of hydrogen-bond donors (Lipinski definition) is 1. The van der Waals surface area contributed by atoms with Crippen LogP contribution in [0.3, 0.4) is 0 Å². The van der Waals surface area contributed by atoms with Crippen LogP contribution in [0.4, 0.5) is 17.1 Å². The van der Waals surface area contributed by atoms with Crippen molar-refractivity contribution in [2.45, 2.75) is 6.04 Å². The summed E-state index contributed by atoms with van der Waals surface area (Å²) in [5.74, 6) is -0.354. The first-order valence-electron chi connectivity index (χ1n) is 11.9. The van der Waals surface area contributed by atoms with Gasteiger partial charge in [-0.3, -0.25) is 19.8 Å². The summed E-state index contributed by atoms with van der Waals surface area (Å²) in [6, 6.07) is 22.6. The van der Waals surface area contributed by atoms with Gasteiger partial charge in [0.1, 0.15) is 0 Å². The number of nitrogens with zero attached hydrogens (tertiary/aromatic N) is 4. The van der Waals surface area contributed by atoms with Crippen molar-refractivity contribution >= 4 is 34.6 Å². The normalized spacial score (nSPS) is 14.8. The molecule has 4 rings (SSSR count). The second kappa shape index (κ2) is 11.4. The lowest BCUT2D eigenvalue weighted by atomic mass is 10.0. The van der Waals surface area contributed by atoms with Crippen LogP contribution in [0, 0.1) is 10.1 Å². The monoisotopic (exact) mass is 507 g/mol. The molecular formula is C27H30ClN5O3. The highest BCUT2D eigenvalue weighted by Crippen LogP contribution is 2.27. The number of amides is 1. The number of carbonyl (C=O) groups is 1. The Hall–Kier alpha value is -3.62. The smallest absolute Gasteiger partial charge is 0.270 e. The molecule has 1 atom stereocenters. The van der Waals surface area contributed by atoms with Crippen LogP contribution in [0.25, 0.3) is 0 Å². The Bertz CT molecular complexity index is 1200. The summed E-state index contributed by atoms with van der Waals surface area (Å²) in [7, 11) is 4.01. The van der Waals surface area contributed by atoms with Crippen molar-refractivity contribution in [3.8, 4) is 0 Å². The molecule has 1 amide bonds. The first-order valence-corrected chi connectivity index (χ1v) is 12.2. The summed E-state index contributed by atoms with van der Waals surface area (Å²) in [5.41, 5.74) is 3.51. The van der Waals surface area contributed by atoms with Gasteiger partial charge in [-0.25, -0.2) is 0 Å². The van der Waals surface area contributed by atoms with Gasteiger partial charge in [-0.1, -0.05) is 41.9 Å². The molecule has 1 saturated heterocycles. The van der Waals surface area contributed by atoms with E-state index in [0.717, 1.165) is 37.4 Å². The van der Waals surface area contributed by atoms with Crippen LogP contribution in [0.5, 0.6) is 0 Å². The van der Waals surface area contributed by atoms with Gasteiger partial charge in [0.25, 0.3) is 11.6 Å². The number of para-hydroxylation sites is 1. The number of rotatable bonds is 8. The van der Waals surface area contributed by atoms with Crippen molar-refractivity contribution in [2.24, 2.45) is 0 Å². The first-order chi connectivity index (χ1) is 17.3. The Morgan fingerprint density at radius 2 is 1.69 bits per heavy atom. The van der Waals surface area contributed by atoms with Gasteiger partial charge >= 0.3 is 0 Å². The molecule has 1 heterocycles. The van der Waals surface area contributed by atoms with Gasteiger partial charge in [-0.2, -0.15) is 0 Å². The summed E-state index contributed by atoms with van der Waals surface area (Å²) in [6.45, 7) is 3.86. The van der Waals surface area contributed by atoms with Crippen molar-refractivity contribution < 1.29 is 9.72 Å². The van der Waals surface area contributed by atoms with E-state index in [2.05, 4.69) is 68.5 Å². The third-order valence-electron chi connectivity index (χ3n) is 6.53. The van der Waals surface area contributed by atoms with E-state index in [9.17, 15) is 14.9 Å². The fourth-order valence-corrected chi connectivity index (χ4v) is 4.73. The molecule has 1 aliphatic heterocycles. The average molecular weight is 508 g/mol. The van der Waals surface area contributed by atoms with E-state index in [1.54, 1.807) is 0 Å². The van der Waals surface area contributed by atoms with Crippen LogP contribution in [0.15, 0.2) is 72.8 Å². The Morgan fingerprint density at radius 3 is 2.28 bits per heavy atom. The Labute approximate surface area is 216 Å². The summed E-state index contributed by atoms with van der Waals surface area (Å²) in [5, 5.41) is 14.1. The van der Waals surface area contributed by atoms with Gasteiger partial charge in [-0.15, -0.1) is 0 Å². The highest BCUT2D eigenvalue weighted by atomic mass is 35.5. The fourth-order valence-electron chi connectivity index (χ4n) is 4.47. The lowest BCUT2D eigenvalue weighted by Crippen LogP contribution is -2.50. The van der Waals surface area contributed by atoms with Gasteiger partial charge in [0.2, 0.25) is 0 Å². The number of nitro benzene ring substituents is 1. The Balaban J connectivity index is 1.49. The molecule has 36 heavy (non-hydrogen) atoms. The second-order valence-corrected chi connectivity index (χ2v) is 9.40. The largest absolute Gasteiger partial charge is 0.378 e. The van der Waals surface area contributed by atoms with Gasteiger partial charge in [-0.05, 0) is 35.9 Å². The molecule has 9 heteroatoms. The van der Waals surface area contributed by atoms with Crippen LogP contribution >= 0.6 is 11.6 Å². The minimum Gasteiger partial charge on any atom is -0.378 e. The third kappa shape index (κ3) is 5.95. The van der Waals surface area contributed by atoms with E-state index >= 15 is 0 Å². The molecule has 1 unspecified atom stereocenters. The fraction of sp³-hybridized carbons (Fsp3) is 0.296. The molecule has 188 valence electrons. The number of hydrogen-bond acceptors (Lipinski definition) is 6. The summed E-state index contributed by atoms with van der Waals surface area (Å²) in [4.78, 5) is 30.2. The van der Waals surface area contributed by atoms with Crippen LogP contribution in [-0.2, 0) is 0 Å². The molecule has 0 bridgehead atoms. The lowest BCUT2D eigenvalue weighted by Gasteiger charge is -2.40. The molecule has 0 saturated carbocycles. The van der Waals surface area contributed by atoms with Crippen LogP contribution in [-0.4, -0.2) is 62.5 Å². The molecule has 3 aromatic rings. The summed E-state index contributed by atoms with van der Waals surface area (Å²) in [6.07, 6.45) is 0. The van der Waals surface area contributed by atoms with E-state index in [1.807, 2.05) is 20.2 Å². The molecule has 8 nitrogen and oxygen atoms in total. The van der Waals surface area contributed by atoms with Crippen molar-refractivity contribution in [1.82, 2.24) is 10.2 Å². The molecule has 0 radical (unpaired) electrons. The van der Waals surface area contributed by atoms with Crippen molar-refractivity contribution in [3.05, 3.63) is 99.1 Å². The third-order valence-corrected chi connectivity index (χ3v) is 6.85. The maximum atomic E-state index is 12.9. The zero-order valence-corrected chi connectivity index (χ0v) is 21.2. The van der Waals surface area contributed by atoms with E-state index in [4.69, 9.17) is 11.6 Å². The minimum atomic E-state index is -0.532. The maximum Gasteiger partial charge on any atom is 0.270 e. The Kier molecular flexibility index (Phi) is 8.07. The van der Waals surface area contributed by atoms with E-state index in [0.29, 0.717) is 6.54 Å². The number of carbonyl (C=O) groups excluding carboxylic acids is 1. The number of anilines is 2. The summed E-state index contributed by atoms with van der Waals surface area (Å²) >= 11 is 6.18. The molecule has 1 fully saturated rings. The summed E-state index contributed by atoms with van der Waals surface area (Å²) < 4.78 is 0. The molecule has 0 spiro atoms. The van der Waals surface area contributed by atoms with Crippen molar-refractivity contribution in [1.29, 1.82) is 0 Å². The second-order valence-electron chi connectivity index (χ2n) is 8.99. The average Bonchev–Trinajstić information content (AvgIpc) is 2.89. The SMILES string of the molecule is CN(C)c1ccc(C(CNC(=O)c2ccc([N+](=O)[O-])cc2Cl)N2CCN(c3ccccc3)CC2)cc1. The molecule has 3 aromatic carbocycles. The molecule has 1 aliphatic rings. The highest BCUT2D eigenvalue weighted by Gasteiger charge is 2.26. The van der Waals surface area contributed by atoms with Gasteiger partial charge < -0.3 is 15.1 Å². The van der Waals surface area contributed by atoms with E-state index in [-0.39, 0.29) is 28.2 Å². The van der Waals surface area contributed by atoms with Gasteiger partial charge in [0.05, 0.1) is 21.6 Å². The van der Waals surface area contributed by atoms with E-state index in [1.165, 1.54) is 23.9 Å². The van der Waals surface area contributed by atoms with Gasteiger partial charge in [0, 0.05) is 70.3 Å². The number of benzene rings is 3. The Morgan fingerprint density at radius 1 is 1.03 bits per heavy atom. The van der Waals surface area contributed by atoms with Crippen molar-refractivity contribution in [2.75, 3.05) is 56.6 Å². The quantitative estimate of drug-likeness (QED) is 0.354. The number of piperazine rings is 1. The number of halogens is 1. The maximum absolute atomic E-state index is 12.9. The van der Waals surface area contributed by atoms with Crippen LogP contribution in [0.1, 0.15) is 22.0 Å². The predicted molar refractivity (Wildman–Crippen MR) is 144 cm³/mol. The topological polar surface area (TPSA) is 82.0 Å². The zero-order chi connectivity index (χ0) is 25.7. The lowest BCUT2D eigenvalue weighted by molar-refractivity contribution is -0.384. The zero-order valence-electron chi connectivity index (χ0n) is 20.4. The minimum absolute atomic E-state index is 0.0279. The standard InChI is InChI=1S/C27H30ClN5O3/c1-30(2)21-10-8-20(9-11-21)26(32-16-14-31(15-17-32)22-6-4-3-5-7-22)19-29-27(34)24-13-12-23(33(35)36)18-25(24)28/h3-13,18,26H,14-17,19H2,1-2H3,(H,29,34). The molecule has 1 N–H and O–H groups in total. The molecule has 0 aliphatic carbocycles. The first kappa shape index (κ1) is 25.5. The number of nitro groups is 1. The van der Waals surface area contributed by atoms with Gasteiger partial charge in [0.15, 0.2) is 0 Å². The van der Waals surface area contributed by atoms with Crippen LogP contribution in [0.2, 0.25) is 5.02 Å². The highest BCUT2D eigenvalue weighted by molar-refractivity contribution is 6.34. The predicted octanol–water partition coefficient (Wildman–Crippen LogP) is 4.61.